The Balaban J connectivity index is 1.02. The summed E-state index contributed by atoms with van der Waals surface area (Å²) in [6, 6.07) is 66.4. The van der Waals surface area contributed by atoms with Gasteiger partial charge in [0, 0.05) is 27.9 Å². The highest BCUT2D eigenvalue weighted by Gasteiger charge is 2.36. The lowest BCUT2D eigenvalue weighted by atomic mass is 9.81. The zero-order chi connectivity index (χ0) is 42.2. The van der Waals surface area contributed by atoms with Crippen LogP contribution in [0.15, 0.2) is 176 Å². The third-order valence-corrected chi connectivity index (χ3v) is 13.9. The third kappa shape index (κ3) is 6.54. The summed E-state index contributed by atoms with van der Waals surface area (Å²) in [6.45, 7) is 18.6. The summed E-state index contributed by atoms with van der Waals surface area (Å²) in [4.78, 5) is 2.40. The molecule has 0 aromatic heterocycles. The molecule has 8 aromatic carbocycles. The molecule has 0 saturated heterocycles. The van der Waals surface area contributed by atoms with Crippen LogP contribution in [0.4, 0.5) is 17.1 Å². The van der Waals surface area contributed by atoms with Crippen molar-refractivity contribution in [3.63, 3.8) is 0 Å². The van der Waals surface area contributed by atoms with Crippen LogP contribution in [0.2, 0.25) is 0 Å². The van der Waals surface area contributed by atoms with Crippen LogP contribution >= 0.6 is 0 Å². The average molecular weight is 790 g/mol. The molecule has 0 spiro atoms. The molecule has 10 rings (SSSR count). The third-order valence-electron chi connectivity index (χ3n) is 13.9. The van der Waals surface area contributed by atoms with Crippen molar-refractivity contribution in [1.82, 2.24) is 0 Å². The van der Waals surface area contributed by atoms with Crippen molar-refractivity contribution in [2.45, 2.75) is 78.1 Å². The van der Waals surface area contributed by atoms with E-state index in [1.807, 2.05) is 0 Å². The molecule has 300 valence electrons. The molecule has 61 heavy (non-hydrogen) atoms. The molecule has 0 heterocycles. The summed E-state index contributed by atoms with van der Waals surface area (Å²) in [7, 11) is 0. The van der Waals surface area contributed by atoms with E-state index in [0.717, 1.165) is 17.1 Å². The maximum absolute atomic E-state index is 2.41. The Bertz CT molecular complexity index is 2760. The van der Waals surface area contributed by atoms with Crippen molar-refractivity contribution < 1.29 is 0 Å². The molecule has 0 saturated carbocycles. The topological polar surface area (TPSA) is 3.24 Å². The summed E-state index contributed by atoms with van der Waals surface area (Å²) in [5, 5.41) is 0. The second-order valence-electron chi connectivity index (χ2n) is 19.0. The molecule has 0 unspecified atom stereocenters. The van der Waals surface area contributed by atoms with E-state index >= 15 is 0 Å². The molecule has 2 aliphatic carbocycles. The molecular formula is C60H55N. The monoisotopic (exact) mass is 789 g/mol. The molecule has 0 N–H and O–H groups in total. The maximum atomic E-state index is 2.41. The van der Waals surface area contributed by atoms with Gasteiger partial charge in [-0.3, -0.25) is 0 Å². The summed E-state index contributed by atoms with van der Waals surface area (Å²) >= 11 is 0. The Labute approximate surface area is 363 Å². The molecular weight excluding hydrogens is 735 g/mol. The number of hydrogen-bond acceptors (Lipinski definition) is 1. The van der Waals surface area contributed by atoms with Gasteiger partial charge >= 0.3 is 0 Å². The zero-order valence-electron chi connectivity index (χ0n) is 36.8. The number of rotatable bonds is 8. The lowest BCUT2D eigenvalue weighted by Gasteiger charge is -2.26. The minimum atomic E-state index is -0.0372. The van der Waals surface area contributed by atoms with E-state index in [1.54, 1.807) is 0 Å². The number of anilines is 3. The van der Waals surface area contributed by atoms with Crippen molar-refractivity contribution in [1.29, 1.82) is 0 Å². The minimum absolute atomic E-state index is 0.0372. The highest BCUT2D eigenvalue weighted by atomic mass is 15.1. The summed E-state index contributed by atoms with van der Waals surface area (Å²) < 4.78 is 0. The Kier molecular flexibility index (Phi) is 9.29. The molecule has 2 aliphatic rings. The van der Waals surface area contributed by atoms with E-state index in [9.17, 15) is 0 Å². The minimum Gasteiger partial charge on any atom is -0.311 e. The highest BCUT2D eigenvalue weighted by molar-refractivity contribution is 5.87. The van der Waals surface area contributed by atoms with Crippen LogP contribution < -0.4 is 4.90 Å². The Morgan fingerprint density at radius 2 is 0.639 bits per heavy atom. The number of fused-ring (bicyclic) bond motifs is 6. The van der Waals surface area contributed by atoms with Crippen LogP contribution in [-0.2, 0) is 10.8 Å². The van der Waals surface area contributed by atoms with Crippen molar-refractivity contribution in [2.24, 2.45) is 0 Å². The van der Waals surface area contributed by atoms with Crippen LogP contribution in [0.1, 0.15) is 101 Å². The van der Waals surface area contributed by atoms with Gasteiger partial charge in [-0.25, -0.2) is 0 Å². The van der Waals surface area contributed by atoms with Crippen LogP contribution in [0.25, 0.3) is 55.6 Å². The maximum Gasteiger partial charge on any atom is 0.0462 e. The normalized spacial score (nSPS) is 14.1. The van der Waals surface area contributed by atoms with Crippen LogP contribution in [0, 0.1) is 0 Å². The summed E-state index contributed by atoms with van der Waals surface area (Å²) in [5.74, 6) is 0.940. The predicted molar refractivity (Wildman–Crippen MR) is 261 cm³/mol. The fourth-order valence-electron chi connectivity index (χ4n) is 10.1. The van der Waals surface area contributed by atoms with Crippen molar-refractivity contribution in [2.75, 3.05) is 4.90 Å². The quantitative estimate of drug-likeness (QED) is 0.148. The van der Waals surface area contributed by atoms with Gasteiger partial charge in [-0.15, -0.1) is 0 Å². The zero-order valence-corrected chi connectivity index (χ0v) is 36.8. The first-order chi connectivity index (χ1) is 29.4. The van der Waals surface area contributed by atoms with Gasteiger partial charge in [-0.05, 0) is 149 Å². The average Bonchev–Trinajstić information content (AvgIpc) is 3.66. The smallest absolute Gasteiger partial charge is 0.0462 e. The molecule has 1 nitrogen and oxygen atoms in total. The standard InChI is InChI=1S/C60H55N/c1-38(2)45-33-46(39(3)4)35-47(34-45)42-21-29-50(30-22-42)61(48-25-17-40(18-26-48)43-23-31-53-51-13-9-11-15-55(51)59(5,6)57(53)36-43)49-27-19-41(20-28-49)44-24-32-54-52-14-10-12-16-56(52)60(7,8)58(54)37-44/h9-39H,1-8H3. The number of nitrogens with zero attached hydrogens (tertiary/aromatic N) is 1. The lowest BCUT2D eigenvalue weighted by Crippen LogP contribution is -2.14. The molecule has 0 fully saturated rings. The largest absolute Gasteiger partial charge is 0.311 e. The van der Waals surface area contributed by atoms with Gasteiger partial charge in [0.25, 0.3) is 0 Å². The SMILES string of the molecule is CC(C)c1cc(-c2ccc(N(c3ccc(-c4ccc5c(c4)C(C)(C)c4ccccc4-5)cc3)c3ccc(-c4ccc5c(c4)C(C)(C)c4ccccc4-5)cc3)cc2)cc(C(C)C)c1. The summed E-state index contributed by atoms with van der Waals surface area (Å²) in [5.41, 5.74) is 24.6. The van der Waals surface area contributed by atoms with Gasteiger partial charge in [0.2, 0.25) is 0 Å². The van der Waals surface area contributed by atoms with Crippen LogP contribution in [-0.4, -0.2) is 0 Å². The van der Waals surface area contributed by atoms with Crippen molar-refractivity contribution >= 4 is 17.1 Å². The second kappa shape index (κ2) is 14.6. The van der Waals surface area contributed by atoms with E-state index in [-0.39, 0.29) is 10.8 Å². The van der Waals surface area contributed by atoms with Gasteiger partial charge in [-0.2, -0.15) is 0 Å². The molecule has 0 radical (unpaired) electrons. The van der Waals surface area contributed by atoms with Crippen LogP contribution in [0.5, 0.6) is 0 Å². The first-order valence-corrected chi connectivity index (χ1v) is 22.1. The van der Waals surface area contributed by atoms with Gasteiger partial charge in [0.05, 0.1) is 0 Å². The van der Waals surface area contributed by atoms with Crippen LogP contribution in [0.3, 0.4) is 0 Å². The van der Waals surface area contributed by atoms with Crippen molar-refractivity contribution in [3.8, 4) is 55.6 Å². The van der Waals surface area contributed by atoms with E-state index in [4.69, 9.17) is 0 Å². The number of hydrogen-bond donors (Lipinski definition) is 0. The molecule has 0 aliphatic heterocycles. The Morgan fingerprint density at radius 1 is 0.311 bits per heavy atom. The molecule has 0 atom stereocenters. The molecule has 1 heteroatoms. The fourth-order valence-corrected chi connectivity index (χ4v) is 10.1. The highest BCUT2D eigenvalue weighted by Crippen LogP contribution is 2.51. The Hall–Kier alpha value is -6.44. The van der Waals surface area contributed by atoms with Gasteiger partial charge in [-0.1, -0.05) is 183 Å². The first-order valence-electron chi connectivity index (χ1n) is 22.1. The first kappa shape index (κ1) is 38.7. The summed E-state index contributed by atoms with van der Waals surface area (Å²) in [6.07, 6.45) is 0. The molecule has 8 aromatic rings. The van der Waals surface area contributed by atoms with Gasteiger partial charge in [0.1, 0.15) is 0 Å². The fraction of sp³-hybridized carbons (Fsp3) is 0.200. The van der Waals surface area contributed by atoms with E-state index in [2.05, 4.69) is 236 Å². The lowest BCUT2D eigenvalue weighted by molar-refractivity contribution is 0.660. The second-order valence-corrected chi connectivity index (χ2v) is 19.0. The predicted octanol–water partition coefficient (Wildman–Crippen LogP) is 17.0. The van der Waals surface area contributed by atoms with E-state index < -0.39 is 0 Å². The van der Waals surface area contributed by atoms with E-state index in [0.29, 0.717) is 11.8 Å². The number of benzene rings is 8. The van der Waals surface area contributed by atoms with Gasteiger partial charge < -0.3 is 4.90 Å². The molecule has 0 bridgehead atoms. The van der Waals surface area contributed by atoms with E-state index in [1.165, 1.54) is 89.0 Å². The van der Waals surface area contributed by atoms with Gasteiger partial charge in [0.15, 0.2) is 0 Å². The molecule has 0 amide bonds. The van der Waals surface area contributed by atoms with Crippen molar-refractivity contribution in [3.05, 3.63) is 209 Å². The Morgan fingerprint density at radius 3 is 1.02 bits per heavy atom.